The lowest BCUT2D eigenvalue weighted by Gasteiger charge is -2.03. The SMILES string of the molecule is CCCCCCCCCCCCCCCCCC[P+](=O)OC. The molecule has 0 fully saturated rings. The van der Waals surface area contributed by atoms with Crippen LogP contribution in [0, 0.1) is 0 Å². The predicted molar refractivity (Wildman–Crippen MR) is 99.0 cm³/mol. The third-order valence-electron chi connectivity index (χ3n) is 4.40. The van der Waals surface area contributed by atoms with Gasteiger partial charge in [0.25, 0.3) is 0 Å². The summed E-state index contributed by atoms with van der Waals surface area (Å²) in [6, 6.07) is 0. The van der Waals surface area contributed by atoms with Crippen molar-refractivity contribution in [2.24, 2.45) is 0 Å². The van der Waals surface area contributed by atoms with Crippen molar-refractivity contribution in [1.82, 2.24) is 0 Å². The summed E-state index contributed by atoms with van der Waals surface area (Å²) in [4.78, 5) is 0. The highest BCUT2D eigenvalue weighted by Gasteiger charge is 2.12. The molecule has 0 aromatic heterocycles. The average Bonchev–Trinajstić information content (AvgIpc) is 2.54. The van der Waals surface area contributed by atoms with Crippen molar-refractivity contribution in [3.05, 3.63) is 0 Å². The summed E-state index contributed by atoms with van der Waals surface area (Å²) in [6.45, 7) is 2.28. The Balaban J connectivity index is 2.98. The number of unbranched alkanes of at least 4 members (excludes halogenated alkanes) is 15. The summed E-state index contributed by atoms with van der Waals surface area (Å²) in [5.41, 5.74) is 0. The summed E-state index contributed by atoms with van der Waals surface area (Å²) in [7, 11) is 0.162. The molecule has 132 valence electrons. The van der Waals surface area contributed by atoms with Crippen molar-refractivity contribution in [3.8, 4) is 0 Å². The molecule has 0 saturated heterocycles. The van der Waals surface area contributed by atoms with Crippen LogP contribution in [0.5, 0.6) is 0 Å². The molecule has 22 heavy (non-hydrogen) atoms. The van der Waals surface area contributed by atoms with Gasteiger partial charge in [-0.15, -0.1) is 4.52 Å². The van der Waals surface area contributed by atoms with Crippen LogP contribution in [0.15, 0.2) is 0 Å². The fourth-order valence-corrected chi connectivity index (χ4v) is 3.54. The van der Waals surface area contributed by atoms with Crippen LogP contribution in [0.3, 0.4) is 0 Å². The molecular formula is C19H40O2P+. The minimum absolute atomic E-state index is 0.740. The van der Waals surface area contributed by atoms with Gasteiger partial charge in [-0.25, -0.2) is 0 Å². The van der Waals surface area contributed by atoms with Gasteiger partial charge in [-0.3, -0.25) is 0 Å². The predicted octanol–water partition coefficient (Wildman–Crippen LogP) is 7.64. The molecular weight excluding hydrogens is 291 g/mol. The summed E-state index contributed by atoms with van der Waals surface area (Å²) < 4.78 is 15.9. The summed E-state index contributed by atoms with van der Waals surface area (Å²) >= 11 is 0. The highest BCUT2D eigenvalue weighted by molar-refractivity contribution is 7.39. The van der Waals surface area contributed by atoms with Crippen LogP contribution >= 0.6 is 8.03 Å². The first kappa shape index (κ1) is 22.1. The Bertz CT molecular complexity index is 231. The quantitative estimate of drug-likeness (QED) is 0.190. The van der Waals surface area contributed by atoms with Gasteiger partial charge in [0, 0.05) is 0 Å². The van der Waals surface area contributed by atoms with Gasteiger partial charge in [-0.1, -0.05) is 96.8 Å². The first-order valence-electron chi connectivity index (χ1n) is 9.80. The highest BCUT2D eigenvalue weighted by Crippen LogP contribution is 2.22. The molecule has 0 spiro atoms. The van der Waals surface area contributed by atoms with Crippen LogP contribution in [0.1, 0.15) is 110 Å². The maximum atomic E-state index is 11.1. The third kappa shape index (κ3) is 18.1. The fraction of sp³-hybridized carbons (Fsp3) is 1.00. The standard InChI is InChI=1S/C19H40O2P/c1-3-4-5-6-7-8-9-10-11-12-13-14-15-16-17-18-19-22(20)21-2/h3-19H2,1-2H3/q+1. The molecule has 1 unspecified atom stereocenters. The van der Waals surface area contributed by atoms with Crippen molar-refractivity contribution < 1.29 is 9.09 Å². The molecule has 0 aromatic carbocycles. The van der Waals surface area contributed by atoms with E-state index in [-0.39, 0.29) is 0 Å². The third-order valence-corrected chi connectivity index (χ3v) is 5.49. The molecule has 0 rings (SSSR count). The molecule has 0 radical (unpaired) electrons. The van der Waals surface area contributed by atoms with Gasteiger partial charge in [0.1, 0.15) is 0 Å². The molecule has 0 saturated carbocycles. The van der Waals surface area contributed by atoms with E-state index in [0.717, 1.165) is 12.6 Å². The van der Waals surface area contributed by atoms with Crippen LogP contribution in [0.25, 0.3) is 0 Å². The second-order valence-corrected chi connectivity index (χ2v) is 8.02. The monoisotopic (exact) mass is 331 g/mol. The Morgan fingerprint density at radius 2 is 0.909 bits per heavy atom. The Morgan fingerprint density at radius 1 is 0.591 bits per heavy atom. The van der Waals surface area contributed by atoms with E-state index in [2.05, 4.69) is 6.92 Å². The molecule has 2 nitrogen and oxygen atoms in total. The second-order valence-electron chi connectivity index (χ2n) is 6.54. The van der Waals surface area contributed by atoms with Crippen molar-refractivity contribution in [3.63, 3.8) is 0 Å². The average molecular weight is 332 g/mol. The molecule has 0 amide bonds. The molecule has 0 aliphatic rings. The minimum Gasteiger partial charge on any atom is -0.150 e. The first-order chi connectivity index (χ1) is 10.8. The molecule has 0 N–H and O–H groups in total. The second kappa shape index (κ2) is 19.1. The Hall–Kier alpha value is 0.0600. The molecule has 0 aromatic rings. The van der Waals surface area contributed by atoms with Gasteiger partial charge < -0.3 is 0 Å². The zero-order valence-corrected chi connectivity index (χ0v) is 16.2. The van der Waals surface area contributed by atoms with Crippen LogP contribution in [0.4, 0.5) is 0 Å². The van der Waals surface area contributed by atoms with E-state index in [9.17, 15) is 4.57 Å². The van der Waals surface area contributed by atoms with Crippen molar-refractivity contribution in [2.75, 3.05) is 13.3 Å². The lowest BCUT2D eigenvalue weighted by atomic mass is 10.0. The Kier molecular flexibility index (Phi) is 19.2. The molecule has 0 aliphatic carbocycles. The lowest BCUT2D eigenvalue weighted by Crippen LogP contribution is -1.85. The van der Waals surface area contributed by atoms with Crippen LogP contribution in [-0.4, -0.2) is 13.3 Å². The van der Waals surface area contributed by atoms with Gasteiger partial charge >= 0.3 is 8.03 Å². The van der Waals surface area contributed by atoms with E-state index in [1.807, 2.05) is 0 Å². The first-order valence-corrected chi connectivity index (χ1v) is 11.2. The Morgan fingerprint density at radius 3 is 1.23 bits per heavy atom. The lowest BCUT2D eigenvalue weighted by molar-refractivity contribution is 0.412. The topological polar surface area (TPSA) is 26.3 Å². The zero-order valence-electron chi connectivity index (χ0n) is 15.3. The van der Waals surface area contributed by atoms with Gasteiger partial charge in [-0.05, 0) is 17.4 Å². The largest absolute Gasteiger partial charge is 0.507 e. The van der Waals surface area contributed by atoms with Gasteiger partial charge in [-0.2, -0.15) is 0 Å². The van der Waals surface area contributed by atoms with E-state index >= 15 is 0 Å². The summed E-state index contributed by atoms with van der Waals surface area (Å²) in [5.74, 6) is 0. The smallest absolute Gasteiger partial charge is 0.150 e. The normalized spacial score (nSPS) is 11.8. The molecule has 0 aliphatic heterocycles. The number of rotatable bonds is 18. The van der Waals surface area contributed by atoms with Crippen molar-refractivity contribution >= 4 is 8.03 Å². The van der Waals surface area contributed by atoms with E-state index in [4.69, 9.17) is 4.52 Å². The zero-order chi connectivity index (χ0) is 16.3. The van der Waals surface area contributed by atoms with E-state index in [1.54, 1.807) is 0 Å². The summed E-state index contributed by atoms with van der Waals surface area (Å²) in [6.07, 6.45) is 22.8. The molecule has 3 heteroatoms. The summed E-state index contributed by atoms with van der Waals surface area (Å²) in [5, 5.41) is 0. The minimum atomic E-state index is -1.37. The maximum absolute atomic E-state index is 11.1. The van der Waals surface area contributed by atoms with E-state index < -0.39 is 8.03 Å². The fourth-order valence-electron chi connectivity index (χ4n) is 2.88. The molecule has 0 heterocycles. The van der Waals surface area contributed by atoms with Crippen LogP contribution in [-0.2, 0) is 9.09 Å². The maximum Gasteiger partial charge on any atom is 0.507 e. The van der Waals surface area contributed by atoms with E-state index in [1.165, 1.54) is 103 Å². The van der Waals surface area contributed by atoms with Crippen LogP contribution < -0.4 is 0 Å². The highest BCUT2D eigenvalue weighted by atomic mass is 31.1. The van der Waals surface area contributed by atoms with E-state index in [0.29, 0.717) is 0 Å². The molecule has 1 atom stereocenters. The van der Waals surface area contributed by atoms with Crippen molar-refractivity contribution in [1.29, 1.82) is 0 Å². The van der Waals surface area contributed by atoms with Gasteiger partial charge in [0.05, 0.1) is 7.11 Å². The number of hydrogen-bond acceptors (Lipinski definition) is 2. The van der Waals surface area contributed by atoms with Gasteiger partial charge in [0.15, 0.2) is 6.16 Å². The number of hydrogen-bond donors (Lipinski definition) is 0. The molecule has 0 bridgehead atoms. The Labute approximate surface area is 140 Å². The van der Waals surface area contributed by atoms with Gasteiger partial charge in [0.2, 0.25) is 0 Å². The van der Waals surface area contributed by atoms with Crippen molar-refractivity contribution in [2.45, 2.75) is 110 Å². The van der Waals surface area contributed by atoms with Crippen LogP contribution in [0.2, 0.25) is 0 Å².